The largest absolute Gasteiger partial charge is 0.492 e. The van der Waals surface area contributed by atoms with Crippen molar-refractivity contribution in [1.29, 1.82) is 0 Å². The number of halogens is 1. The molecular weight excluding hydrogens is 229 g/mol. The molecule has 18 heavy (non-hydrogen) atoms. The van der Waals surface area contributed by atoms with Crippen molar-refractivity contribution in [1.82, 2.24) is 5.32 Å². The first kappa shape index (κ1) is 12.0. The highest BCUT2D eigenvalue weighted by molar-refractivity contribution is 5.22. The molecule has 1 aromatic rings. The van der Waals surface area contributed by atoms with E-state index in [2.05, 4.69) is 5.32 Å². The smallest absolute Gasteiger partial charge is 0.126 e. The van der Waals surface area contributed by atoms with Crippen LogP contribution in [0.25, 0.3) is 0 Å². The minimum Gasteiger partial charge on any atom is -0.492 e. The molecule has 2 fully saturated rings. The molecule has 2 aliphatic carbocycles. The van der Waals surface area contributed by atoms with Gasteiger partial charge in [-0.3, -0.25) is 0 Å². The van der Waals surface area contributed by atoms with Crippen molar-refractivity contribution < 1.29 is 9.13 Å². The fourth-order valence-corrected chi connectivity index (χ4v) is 2.58. The normalized spacial score (nSPS) is 19.2. The number of hydrogen-bond donors (Lipinski definition) is 1. The van der Waals surface area contributed by atoms with Crippen LogP contribution >= 0.6 is 0 Å². The van der Waals surface area contributed by atoms with Crippen LogP contribution in [0, 0.1) is 17.7 Å². The maximum absolute atomic E-state index is 12.9. The van der Waals surface area contributed by atoms with E-state index in [0.717, 1.165) is 18.4 Å². The third-order valence-electron chi connectivity index (χ3n) is 3.81. The highest BCUT2D eigenvalue weighted by Gasteiger charge is 2.40. The Balaban J connectivity index is 1.39. The van der Waals surface area contributed by atoms with Gasteiger partial charge in [-0.1, -0.05) is 6.07 Å². The highest BCUT2D eigenvalue weighted by atomic mass is 19.1. The van der Waals surface area contributed by atoms with Crippen LogP contribution in [0.1, 0.15) is 25.7 Å². The second-order valence-corrected chi connectivity index (χ2v) is 5.46. The second-order valence-electron chi connectivity index (χ2n) is 5.46. The van der Waals surface area contributed by atoms with Gasteiger partial charge in [-0.05, 0) is 49.7 Å². The second kappa shape index (κ2) is 5.27. The van der Waals surface area contributed by atoms with Gasteiger partial charge in [0.25, 0.3) is 0 Å². The topological polar surface area (TPSA) is 21.3 Å². The Morgan fingerprint density at radius 3 is 2.56 bits per heavy atom. The summed E-state index contributed by atoms with van der Waals surface area (Å²) < 4.78 is 18.5. The summed E-state index contributed by atoms with van der Waals surface area (Å²) in [6.07, 6.45) is 5.55. The zero-order chi connectivity index (χ0) is 12.4. The lowest BCUT2D eigenvalue weighted by molar-refractivity contribution is 0.292. The lowest BCUT2D eigenvalue weighted by Crippen LogP contribution is -2.36. The lowest BCUT2D eigenvalue weighted by atomic mass is 10.1. The van der Waals surface area contributed by atoms with Gasteiger partial charge in [0.05, 0.1) is 0 Å². The molecule has 0 heterocycles. The van der Waals surface area contributed by atoms with Crippen LogP contribution in [-0.2, 0) is 0 Å². The number of ether oxygens (including phenoxy) is 1. The molecule has 0 bridgehead atoms. The van der Waals surface area contributed by atoms with Crippen molar-refractivity contribution in [3.63, 3.8) is 0 Å². The molecule has 0 spiro atoms. The van der Waals surface area contributed by atoms with Gasteiger partial charge in [0, 0.05) is 18.7 Å². The third-order valence-corrected chi connectivity index (χ3v) is 3.81. The number of hydrogen-bond acceptors (Lipinski definition) is 2. The van der Waals surface area contributed by atoms with Gasteiger partial charge in [-0.15, -0.1) is 0 Å². The molecule has 3 rings (SSSR count). The van der Waals surface area contributed by atoms with Crippen LogP contribution in [0.2, 0.25) is 0 Å². The van der Waals surface area contributed by atoms with E-state index < -0.39 is 0 Å². The van der Waals surface area contributed by atoms with E-state index in [1.807, 2.05) is 0 Å². The Hall–Kier alpha value is -1.09. The Kier molecular flexibility index (Phi) is 3.50. The van der Waals surface area contributed by atoms with Crippen LogP contribution in [0.4, 0.5) is 4.39 Å². The zero-order valence-electron chi connectivity index (χ0n) is 10.6. The molecule has 0 atom stereocenters. The van der Waals surface area contributed by atoms with Crippen molar-refractivity contribution in [2.24, 2.45) is 11.8 Å². The summed E-state index contributed by atoms with van der Waals surface area (Å²) in [5.41, 5.74) is 0. The molecule has 0 aromatic heterocycles. The molecule has 3 heteroatoms. The summed E-state index contributed by atoms with van der Waals surface area (Å²) in [5.74, 6) is 2.19. The average Bonchev–Trinajstić information content (AvgIpc) is 3.23. The minimum atomic E-state index is -0.241. The predicted molar refractivity (Wildman–Crippen MR) is 69.1 cm³/mol. The Bertz CT molecular complexity index is 389. The van der Waals surface area contributed by atoms with Gasteiger partial charge < -0.3 is 10.1 Å². The van der Waals surface area contributed by atoms with Crippen molar-refractivity contribution in [2.45, 2.75) is 31.7 Å². The fourth-order valence-electron chi connectivity index (χ4n) is 2.58. The quantitative estimate of drug-likeness (QED) is 0.750. The predicted octanol–water partition coefficient (Wildman–Crippen LogP) is 2.98. The van der Waals surface area contributed by atoms with Crippen molar-refractivity contribution in [3.8, 4) is 5.75 Å². The van der Waals surface area contributed by atoms with Crippen LogP contribution in [0.5, 0.6) is 5.75 Å². The highest BCUT2D eigenvalue weighted by Crippen LogP contribution is 2.44. The Labute approximate surface area is 108 Å². The van der Waals surface area contributed by atoms with Crippen LogP contribution < -0.4 is 10.1 Å². The summed E-state index contributed by atoms with van der Waals surface area (Å²) in [6.45, 7) is 1.47. The first-order valence-electron chi connectivity index (χ1n) is 6.95. The zero-order valence-corrected chi connectivity index (χ0v) is 10.6. The van der Waals surface area contributed by atoms with Crippen molar-refractivity contribution in [2.75, 3.05) is 13.2 Å². The molecular formula is C15H20FNO. The first-order chi connectivity index (χ1) is 8.83. The molecule has 98 valence electrons. The molecule has 0 aliphatic heterocycles. The first-order valence-corrected chi connectivity index (χ1v) is 6.95. The van der Waals surface area contributed by atoms with E-state index in [9.17, 15) is 4.39 Å². The van der Waals surface area contributed by atoms with Gasteiger partial charge in [0.15, 0.2) is 0 Å². The molecule has 0 amide bonds. The maximum Gasteiger partial charge on any atom is 0.126 e. The lowest BCUT2D eigenvalue weighted by Gasteiger charge is -2.17. The number of benzene rings is 1. The van der Waals surface area contributed by atoms with E-state index in [-0.39, 0.29) is 5.82 Å². The number of nitrogens with one attached hydrogen (secondary N) is 1. The summed E-state index contributed by atoms with van der Waals surface area (Å²) in [5, 5.41) is 3.61. The van der Waals surface area contributed by atoms with Gasteiger partial charge in [-0.25, -0.2) is 4.39 Å². The summed E-state index contributed by atoms with van der Waals surface area (Å²) in [4.78, 5) is 0. The average molecular weight is 249 g/mol. The van der Waals surface area contributed by atoms with Gasteiger partial charge >= 0.3 is 0 Å². The van der Waals surface area contributed by atoms with Crippen molar-refractivity contribution >= 4 is 0 Å². The van der Waals surface area contributed by atoms with E-state index in [1.165, 1.54) is 37.8 Å². The van der Waals surface area contributed by atoms with Crippen LogP contribution in [-0.4, -0.2) is 19.2 Å². The molecule has 0 radical (unpaired) electrons. The van der Waals surface area contributed by atoms with E-state index in [4.69, 9.17) is 4.74 Å². The standard InChI is InChI=1S/C15H20FNO/c16-13-2-1-3-14(10-13)18-9-8-17-15(11-4-5-11)12-6-7-12/h1-3,10-12,15,17H,4-9H2. The summed E-state index contributed by atoms with van der Waals surface area (Å²) >= 11 is 0. The molecule has 2 nitrogen and oxygen atoms in total. The third kappa shape index (κ3) is 3.22. The molecule has 2 saturated carbocycles. The van der Waals surface area contributed by atoms with Gasteiger partial charge in [-0.2, -0.15) is 0 Å². The van der Waals surface area contributed by atoms with Crippen LogP contribution in [0.3, 0.4) is 0 Å². The molecule has 1 aromatic carbocycles. The Morgan fingerprint density at radius 1 is 1.22 bits per heavy atom. The monoisotopic (exact) mass is 249 g/mol. The fraction of sp³-hybridized carbons (Fsp3) is 0.600. The van der Waals surface area contributed by atoms with Gasteiger partial charge in [0.2, 0.25) is 0 Å². The van der Waals surface area contributed by atoms with E-state index in [1.54, 1.807) is 12.1 Å². The molecule has 0 saturated heterocycles. The summed E-state index contributed by atoms with van der Waals surface area (Å²) in [7, 11) is 0. The van der Waals surface area contributed by atoms with Crippen LogP contribution in [0.15, 0.2) is 24.3 Å². The molecule has 2 aliphatic rings. The van der Waals surface area contributed by atoms with E-state index in [0.29, 0.717) is 18.4 Å². The maximum atomic E-state index is 12.9. The van der Waals surface area contributed by atoms with Crippen molar-refractivity contribution in [3.05, 3.63) is 30.1 Å². The summed E-state index contributed by atoms with van der Waals surface area (Å²) in [6, 6.07) is 7.04. The Morgan fingerprint density at radius 2 is 1.94 bits per heavy atom. The minimum absolute atomic E-state index is 0.241. The van der Waals surface area contributed by atoms with Gasteiger partial charge in [0.1, 0.15) is 18.2 Å². The van der Waals surface area contributed by atoms with E-state index >= 15 is 0 Å². The molecule has 1 N–H and O–H groups in total. The SMILES string of the molecule is Fc1cccc(OCCNC(C2CC2)C2CC2)c1. The molecule has 0 unspecified atom stereocenters. The number of rotatable bonds is 7.